The van der Waals surface area contributed by atoms with Gasteiger partial charge in [0.05, 0.1) is 6.10 Å². The van der Waals surface area contributed by atoms with Crippen LogP contribution in [0.5, 0.6) is 6.01 Å². The molecule has 0 amide bonds. The van der Waals surface area contributed by atoms with Crippen molar-refractivity contribution in [3.63, 3.8) is 0 Å². The number of aromatic nitrogens is 3. The Bertz CT molecular complexity index is 409. The highest BCUT2D eigenvalue weighted by Crippen LogP contribution is 2.30. The van der Waals surface area contributed by atoms with Gasteiger partial charge in [0, 0.05) is 6.04 Å². The smallest absolute Gasteiger partial charge is 0.322 e. The van der Waals surface area contributed by atoms with Crippen molar-refractivity contribution in [3.05, 3.63) is 5.28 Å². The first-order valence-corrected chi connectivity index (χ1v) is 6.77. The fourth-order valence-electron chi connectivity index (χ4n) is 1.92. The first kappa shape index (κ1) is 13.3. The van der Waals surface area contributed by atoms with Crippen molar-refractivity contribution in [3.8, 4) is 6.01 Å². The third-order valence-corrected chi connectivity index (χ3v) is 3.31. The normalized spacial score (nSPS) is 17.4. The quantitative estimate of drug-likeness (QED) is 0.891. The second-order valence-electron chi connectivity index (χ2n) is 5.00. The molecule has 18 heavy (non-hydrogen) atoms. The number of ether oxygens (including phenoxy) is 1. The molecule has 6 heteroatoms. The lowest BCUT2D eigenvalue weighted by Crippen LogP contribution is -2.31. The van der Waals surface area contributed by atoms with E-state index in [1.807, 2.05) is 13.8 Å². The van der Waals surface area contributed by atoms with Crippen LogP contribution in [-0.4, -0.2) is 27.1 Å². The van der Waals surface area contributed by atoms with Gasteiger partial charge in [-0.3, -0.25) is 0 Å². The Balaban J connectivity index is 2.04. The molecule has 0 radical (unpaired) electrons. The van der Waals surface area contributed by atoms with Crippen molar-refractivity contribution >= 4 is 17.5 Å². The summed E-state index contributed by atoms with van der Waals surface area (Å²) in [4.78, 5) is 12.2. The summed E-state index contributed by atoms with van der Waals surface area (Å²) in [5.41, 5.74) is 0. The molecule has 1 N–H and O–H groups in total. The monoisotopic (exact) mass is 270 g/mol. The maximum atomic E-state index is 5.86. The maximum Gasteiger partial charge on any atom is 0.322 e. The molecule has 2 rings (SSSR count). The van der Waals surface area contributed by atoms with Gasteiger partial charge in [0.25, 0.3) is 0 Å². The summed E-state index contributed by atoms with van der Waals surface area (Å²) in [6.45, 7) is 5.98. The summed E-state index contributed by atoms with van der Waals surface area (Å²) in [5.74, 6) is 1.19. The third-order valence-electron chi connectivity index (χ3n) is 3.14. The highest BCUT2D eigenvalue weighted by molar-refractivity contribution is 6.28. The van der Waals surface area contributed by atoms with Gasteiger partial charge >= 0.3 is 6.01 Å². The molecule has 5 nitrogen and oxygen atoms in total. The van der Waals surface area contributed by atoms with Gasteiger partial charge in [-0.2, -0.15) is 15.0 Å². The van der Waals surface area contributed by atoms with Crippen molar-refractivity contribution < 1.29 is 4.74 Å². The van der Waals surface area contributed by atoms with E-state index < -0.39 is 0 Å². The fraction of sp³-hybridized carbons (Fsp3) is 0.750. The lowest BCUT2D eigenvalue weighted by molar-refractivity contribution is 0.221. The fourth-order valence-corrected chi connectivity index (χ4v) is 2.07. The van der Waals surface area contributed by atoms with E-state index >= 15 is 0 Å². The summed E-state index contributed by atoms with van der Waals surface area (Å²) < 4.78 is 5.43. The topological polar surface area (TPSA) is 59.9 Å². The van der Waals surface area contributed by atoms with Crippen LogP contribution < -0.4 is 10.1 Å². The number of hydrogen-bond donors (Lipinski definition) is 1. The van der Waals surface area contributed by atoms with Crippen LogP contribution in [0.3, 0.4) is 0 Å². The highest BCUT2D eigenvalue weighted by atomic mass is 35.5. The summed E-state index contributed by atoms with van der Waals surface area (Å²) in [5, 5.41) is 3.43. The third kappa shape index (κ3) is 3.45. The molecule has 0 bridgehead atoms. The van der Waals surface area contributed by atoms with Crippen molar-refractivity contribution in [1.82, 2.24) is 15.0 Å². The molecule has 1 unspecified atom stereocenters. The van der Waals surface area contributed by atoms with E-state index in [4.69, 9.17) is 16.3 Å². The van der Waals surface area contributed by atoms with Gasteiger partial charge in [0.1, 0.15) is 0 Å². The molecule has 0 aromatic carbocycles. The Morgan fingerprint density at radius 2 is 1.94 bits per heavy atom. The van der Waals surface area contributed by atoms with Crippen LogP contribution in [0.4, 0.5) is 5.95 Å². The molecule has 1 heterocycles. The lowest BCUT2D eigenvalue weighted by atomic mass is 9.80. The van der Waals surface area contributed by atoms with Crippen LogP contribution in [0.1, 0.15) is 40.0 Å². The Morgan fingerprint density at radius 1 is 1.22 bits per heavy atom. The second kappa shape index (κ2) is 5.69. The zero-order valence-corrected chi connectivity index (χ0v) is 11.7. The molecule has 100 valence electrons. The number of rotatable bonds is 5. The lowest BCUT2D eigenvalue weighted by Gasteiger charge is -2.31. The number of anilines is 1. The highest BCUT2D eigenvalue weighted by Gasteiger charge is 2.24. The standard InChI is InChI=1S/C12H19ClN4O/c1-7(2)18-12-16-10(13)15-11(17-12)14-8(3)9-5-4-6-9/h7-9H,4-6H2,1-3H3,(H,14,15,16,17). The summed E-state index contributed by atoms with van der Waals surface area (Å²) in [6, 6.07) is 0.623. The largest absolute Gasteiger partial charge is 0.461 e. The van der Waals surface area contributed by atoms with Gasteiger partial charge in [-0.1, -0.05) is 6.42 Å². The average molecular weight is 271 g/mol. The van der Waals surface area contributed by atoms with Gasteiger partial charge in [0.15, 0.2) is 0 Å². The Hall–Kier alpha value is -1.10. The SMILES string of the molecule is CC(C)Oc1nc(Cl)nc(NC(C)C2CCC2)n1. The Morgan fingerprint density at radius 3 is 2.50 bits per heavy atom. The van der Waals surface area contributed by atoms with Gasteiger partial charge in [0.2, 0.25) is 11.2 Å². The predicted molar refractivity (Wildman–Crippen MR) is 71.0 cm³/mol. The molecule has 1 fully saturated rings. The predicted octanol–water partition coefficient (Wildman–Crippen LogP) is 2.91. The van der Waals surface area contributed by atoms with Gasteiger partial charge in [-0.25, -0.2) is 0 Å². The van der Waals surface area contributed by atoms with Gasteiger partial charge in [-0.15, -0.1) is 0 Å². The van der Waals surface area contributed by atoms with E-state index in [1.165, 1.54) is 19.3 Å². The van der Waals surface area contributed by atoms with E-state index in [0.29, 0.717) is 17.9 Å². The average Bonchev–Trinajstić information content (AvgIpc) is 2.11. The summed E-state index contributed by atoms with van der Waals surface area (Å²) >= 11 is 5.86. The van der Waals surface area contributed by atoms with E-state index in [-0.39, 0.29) is 17.4 Å². The number of nitrogens with one attached hydrogen (secondary N) is 1. The minimum atomic E-state index is 0.0142. The van der Waals surface area contributed by atoms with Gasteiger partial charge < -0.3 is 10.1 Å². The molecule has 1 aliphatic rings. The van der Waals surface area contributed by atoms with Crippen molar-refractivity contribution in [2.75, 3.05) is 5.32 Å². The number of halogens is 1. The zero-order chi connectivity index (χ0) is 13.1. The molecule has 0 spiro atoms. The van der Waals surface area contributed by atoms with Crippen LogP contribution in [0.2, 0.25) is 5.28 Å². The number of hydrogen-bond acceptors (Lipinski definition) is 5. The molecule has 1 atom stereocenters. The van der Waals surface area contributed by atoms with E-state index in [0.717, 1.165) is 0 Å². The maximum absolute atomic E-state index is 5.86. The van der Waals surface area contributed by atoms with Crippen LogP contribution in [0.25, 0.3) is 0 Å². The Kier molecular flexibility index (Phi) is 4.22. The first-order valence-electron chi connectivity index (χ1n) is 6.39. The first-order chi connectivity index (χ1) is 8.54. The number of nitrogens with zero attached hydrogens (tertiary/aromatic N) is 3. The molecule has 1 saturated carbocycles. The minimum absolute atomic E-state index is 0.0142. The summed E-state index contributed by atoms with van der Waals surface area (Å²) in [6.07, 6.45) is 3.86. The summed E-state index contributed by atoms with van der Waals surface area (Å²) in [7, 11) is 0. The molecular formula is C12H19ClN4O. The molecule has 1 aromatic heterocycles. The van der Waals surface area contributed by atoms with Crippen LogP contribution in [0.15, 0.2) is 0 Å². The second-order valence-corrected chi connectivity index (χ2v) is 5.34. The molecular weight excluding hydrogens is 252 g/mol. The van der Waals surface area contributed by atoms with Crippen molar-refractivity contribution in [2.45, 2.75) is 52.2 Å². The van der Waals surface area contributed by atoms with Crippen LogP contribution in [-0.2, 0) is 0 Å². The Labute approximate surface area is 112 Å². The molecule has 0 saturated heterocycles. The van der Waals surface area contributed by atoms with Crippen LogP contribution in [0, 0.1) is 5.92 Å². The van der Waals surface area contributed by atoms with E-state index in [1.54, 1.807) is 0 Å². The zero-order valence-electron chi connectivity index (χ0n) is 11.0. The molecule has 0 aliphatic heterocycles. The van der Waals surface area contributed by atoms with Crippen LogP contribution >= 0.6 is 11.6 Å². The molecule has 1 aliphatic carbocycles. The van der Waals surface area contributed by atoms with E-state index in [2.05, 4.69) is 27.2 Å². The van der Waals surface area contributed by atoms with Gasteiger partial charge in [-0.05, 0) is 51.1 Å². The van der Waals surface area contributed by atoms with Crippen molar-refractivity contribution in [1.29, 1.82) is 0 Å². The van der Waals surface area contributed by atoms with E-state index in [9.17, 15) is 0 Å². The molecule has 1 aromatic rings. The minimum Gasteiger partial charge on any atom is -0.461 e. The van der Waals surface area contributed by atoms with Crippen molar-refractivity contribution in [2.24, 2.45) is 5.92 Å².